The quantitative estimate of drug-likeness (QED) is 0.782. The Bertz CT molecular complexity index is 875. The summed E-state index contributed by atoms with van der Waals surface area (Å²) in [6.45, 7) is 1.88. The van der Waals surface area contributed by atoms with Crippen LogP contribution in [0.5, 0.6) is 11.5 Å². The maximum absolute atomic E-state index is 12.7. The zero-order valence-electron chi connectivity index (χ0n) is 13.9. The number of nitrogens with zero attached hydrogens (tertiary/aromatic N) is 2. The molecule has 0 amide bonds. The summed E-state index contributed by atoms with van der Waals surface area (Å²) in [7, 11) is 3.21. The molecule has 24 heavy (non-hydrogen) atoms. The molecule has 0 saturated carbocycles. The predicted octanol–water partition coefficient (Wildman–Crippen LogP) is 2.48. The van der Waals surface area contributed by atoms with Crippen LogP contribution in [0.25, 0.3) is 5.82 Å². The Kier molecular flexibility index (Phi) is 4.37. The van der Waals surface area contributed by atoms with Crippen molar-refractivity contribution in [3.63, 3.8) is 0 Å². The van der Waals surface area contributed by atoms with E-state index in [1.165, 1.54) is 4.68 Å². The van der Waals surface area contributed by atoms with Gasteiger partial charge in [0.25, 0.3) is 5.56 Å². The number of aryl methyl sites for hydroxylation is 1. The van der Waals surface area contributed by atoms with Crippen LogP contribution >= 0.6 is 0 Å². The molecule has 6 heteroatoms. The molecule has 0 saturated heterocycles. The molecule has 3 aromatic rings. The summed E-state index contributed by atoms with van der Waals surface area (Å²) < 4.78 is 12.0. The van der Waals surface area contributed by atoms with Crippen LogP contribution in [0.3, 0.4) is 0 Å². The fourth-order valence-electron chi connectivity index (χ4n) is 2.61. The molecule has 2 aromatic heterocycles. The molecule has 6 nitrogen and oxygen atoms in total. The van der Waals surface area contributed by atoms with Gasteiger partial charge in [0, 0.05) is 29.9 Å². The van der Waals surface area contributed by atoms with Crippen LogP contribution < -0.4 is 15.0 Å². The van der Waals surface area contributed by atoms with E-state index in [-0.39, 0.29) is 5.56 Å². The lowest BCUT2D eigenvalue weighted by molar-refractivity contribution is 0.393. The smallest absolute Gasteiger partial charge is 0.276 e. The van der Waals surface area contributed by atoms with Crippen molar-refractivity contribution in [2.45, 2.75) is 13.3 Å². The van der Waals surface area contributed by atoms with Gasteiger partial charge in [-0.05, 0) is 36.8 Å². The Morgan fingerprint density at radius 1 is 1.12 bits per heavy atom. The number of aromatic amines is 1. The first-order valence-corrected chi connectivity index (χ1v) is 7.56. The largest absolute Gasteiger partial charge is 0.497 e. The van der Waals surface area contributed by atoms with E-state index in [9.17, 15) is 4.79 Å². The molecule has 0 spiro atoms. The van der Waals surface area contributed by atoms with Gasteiger partial charge in [-0.1, -0.05) is 6.07 Å². The first-order chi connectivity index (χ1) is 11.6. The summed E-state index contributed by atoms with van der Waals surface area (Å²) in [6.07, 6.45) is 2.14. The molecule has 0 aliphatic heterocycles. The minimum Gasteiger partial charge on any atom is -0.497 e. The number of ether oxygens (including phenoxy) is 2. The molecular formula is C18H19N3O3. The van der Waals surface area contributed by atoms with Gasteiger partial charge in [0.2, 0.25) is 0 Å². The molecule has 0 atom stereocenters. The summed E-state index contributed by atoms with van der Waals surface area (Å²) in [5.74, 6) is 1.96. The van der Waals surface area contributed by atoms with Crippen molar-refractivity contribution in [2.24, 2.45) is 0 Å². The van der Waals surface area contributed by atoms with Crippen LogP contribution in [0.15, 0.2) is 47.4 Å². The van der Waals surface area contributed by atoms with Crippen molar-refractivity contribution in [2.75, 3.05) is 14.2 Å². The van der Waals surface area contributed by atoms with E-state index in [4.69, 9.17) is 9.47 Å². The Balaban J connectivity index is 2.00. The minimum atomic E-state index is -0.104. The van der Waals surface area contributed by atoms with Crippen LogP contribution in [0.2, 0.25) is 0 Å². The summed E-state index contributed by atoms with van der Waals surface area (Å²) in [5.41, 5.74) is 2.34. The zero-order chi connectivity index (χ0) is 17.1. The van der Waals surface area contributed by atoms with Crippen LogP contribution in [-0.4, -0.2) is 29.0 Å². The molecule has 1 aromatic carbocycles. The minimum absolute atomic E-state index is 0.104. The topological polar surface area (TPSA) is 69.1 Å². The lowest BCUT2D eigenvalue weighted by atomic mass is 10.1. The summed E-state index contributed by atoms with van der Waals surface area (Å²) in [4.78, 5) is 17.0. The van der Waals surface area contributed by atoms with Gasteiger partial charge in [-0.2, -0.15) is 0 Å². The summed E-state index contributed by atoms with van der Waals surface area (Å²) in [6, 6.07) is 11.1. The summed E-state index contributed by atoms with van der Waals surface area (Å²) >= 11 is 0. The molecule has 124 valence electrons. The van der Waals surface area contributed by atoms with Crippen LogP contribution in [0.1, 0.15) is 16.8 Å². The molecule has 0 bridgehead atoms. The second kappa shape index (κ2) is 6.62. The van der Waals surface area contributed by atoms with Gasteiger partial charge >= 0.3 is 0 Å². The average molecular weight is 325 g/mol. The van der Waals surface area contributed by atoms with E-state index in [2.05, 4.69) is 10.1 Å². The van der Waals surface area contributed by atoms with E-state index in [0.29, 0.717) is 29.3 Å². The van der Waals surface area contributed by atoms with Crippen molar-refractivity contribution in [1.82, 2.24) is 14.8 Å². The van der Waals surface area contributed by atoms with E-state index < -0.39 is 0 Å². The van der Waals surface area contributed by atoms with Crippen molar-refractivity contribution >= 4 is 0 Å². The monoisotopic (exact) mass is 325 g/mol. The first kappa shape index (κ1) is 15.9. The SMILES string of the molecule is COc1cc(Cc2c(C)[nH]n(-c3ccccn3)c2=O)cc(OC)c1. The van der Waals surface area contributed by atoms with Crippen molar-refractivity contribution in [3.8, 4) is 17.3 Å². The Labute approximate surface area is 139 Å². The Morgan fingerprint density at radius 2 is 1.83 bits per heavy atom. The lowest BCUT2D eigenvalue weighted by Gasteiger charge is -2.07. The van der Waals surface area contributed by atoms with E-state index in [0.717, 1.165) is 11.3 Å². The van der Waals surface area contributed by atoms with Gasteiger partial charge in [0.05, 0.1) is 14.2 Å². The number of H-pyrrole nitrogens is 1. The number of nitrogens with one attached hydrogen (secondary N) is 1. The van der Waals surface area contributed by atoms with E-state index >= 15 is 0 Å². The second-order valence-electron chi connectivity index (χ2n) is 5.44. The molecule has 0 fully saturated rings. The van der Waals surface area contributed by atoms with Crippen LogP contribution in [-0.2, 0) is 6.42 Å². The highest BCUT2D eigenvalue weighted by Crippen LogP contribution is 2.24. The third-order valence-electron chi connectivity index (χ3n) is 3.86. The van der Waals surface area contributed by atoms with Crippen molar-refractivity contribution in [1.29, 1.82) is 0 Å². The Hall–Kier alpha value is -3.02. The molecule has 0 unspecified atom stereocenters. The molecule has 1 N–H and O–H groups in total. The van der Waals surface area contributed by atoms with Crippen molar-refractivity contribution < 1.29 is 9.47 Å². The van der Waals surface area contributed by atoms with Gasteiger partial charge in [-0.3, -0.25) is 9.89 Å². The van der Waals surface area contributed by atoms with Crippen LogP contribution in [0, 0.1) is 6.92 Å². The number of methoxy groups -OCH3 is 2. The molecule has 2 heterocycles. The third kappa shape index (κ3) is 3.03. The van der Waals surface area contributed by atoms with Gasteiger partial charge < -0.3 is 9.47 Å². The number of benzene rings is 1. The number of rotatable bonds is 5. The highest BCUT2D eigenvalue weighted by molar-refractivity contribution is 5.41. The Morgan fingerprint density at radius 3 is 2.42 bits per heavy atom. The molecule has 0 aliphatic rings. The molecule has 0 aliphatic carbocycles. The number of hydrogen-bond donors (Lipinski definition) is 1. The number of hydrogen-bond acceptors (Lipinski definition) is 4. The maximum Gasteiger partial charge on any atom is 0.276 e. The normalized spacial score (nSPS) is 10.6. The first-order valence-electron chi connectivity index (χ1n) is 7.56. The van der Waals surface area contributed by atoms with E-state index in [1.807, 2.05) is 31.2 Å². The number of aromatic nitrogens is 3. The molecular weight excluding hydrogens is 306 g/mol. The van der Waals surface area contributed by atoms with Gasteiger partial charge in [-0.15, -0.1) is 0 Å². The fraction of sp³-hybridized carbons (Fsp3) is 0.222. The average Bonchev–Trinajstić information content (AvgIpc) is 2.90. The van der Waals surface area contributed by atoms with Crippen molar-refractivity contribution in [3.05, 3.63) is 69.8 Å². The second-order valence-corrected chi connectivity index (χ2v) is 5.44. The van der Waals surface area contributed by atoms with Gasteiger partial charge in [0.15, 0.2) is 5.82 Å². The van der Waals surface area contributed by atoms with Gasteiger partial charge in [-0.25, -0.2) is 9.67 Å². The van der Waals surface area contributed by atoms with Crippen LogP contribution in [0.4, 0.5) is 0 Å². The highest BCUT2D eigenvalue weighted by Gasteiger charge is 2.14. The molecule has 3 rings (SSSR count). The number of pyridine rings is 1. The standard InChI is InChI=1S/C18H19N3O3/c1-12-16(10-13-8-14(23-2)11-15(9-13)24-3)18(22)21(20-12)17-6-4-5-7-19-17/h4-9,11,20H,10H2,1-3H3. The fourth-order valence-corrected chi connectivity index (χ4v) is 2.61. The maximum atomic E-state index is 12.7. The molecule has 0 radical (unpaired) electrons. The lowest BCUT2D eigenvalue weighted by Crippen LogP contribution is -2.18. The predicted molar refractivity (Wildman–Crippen MR) is 91.3 cm³/mol. The van der Waals surface area contributed by atoms with E-state index in [1.54, 1.807) is 32.5 Å². The third-order valence-corrected chi connectivity index (χ3v) is 3.86. The van der Waals surface area contributed by atoms with Gasteiger partial charge in [0.1, 0.15) is 11.5 Å². The highest BCUT2D eigenvalue weighted by atomic mass is 16.5. The summed E-state index contributed by atoms with van der Waals surface area (Å²) in [5, 5.41) is 3.09. The zero-order valence-corrected chi connectivity index (χ0v) is 13.9.